The Morgan fingerprint density at radius 3 is 2.44 bits per heavy atom. The zero-order valence-electron chi connectivity index (χ0n) is 21.9. The standard InChI is InChI=1S/C30H48O2/c1-19(2)20(3)8-9-21(4)26-12-13-27-25-11-10-23-18-24(32-22(5)31)14-16-29(23,6)28(25)15-17-30(26,27)7/h10-11,19-21,24,26-28H,8-9,12-18H2,1-7H3/t20-,21-,24-,26-,27-,28+,29-,30+/m1/s1. The van der Waals surface area contributed by atoms with Crippen LogP contribution in [0.4, 0.5) is 0 Å². The van der Waals surface area contributed by atoms with E-state index in [2.05, 4.69) is 53.7 Å². The molecule has 0 aromatic rings. The summed E-state index contributed by atoms with van der Waals surface area (Å²) in [7, 11) is 0. The van der Waals surface area contributed by atoms with Crippen LogP contribution < -0.4 is 0 Å². The van der Waals surface area contributed by atoms with Gasteiger partial charge in [-0.15, -0.1) is 0 Å². The molecule has 0 spiro atoms. The third-order valence-electron chi connectivity index (χ3n) is 10.8. The Hall–Kier alpha value is -1.05. The third kappa shape index (κ3) is 4.14. The molecule has 0 amide bonds. The number of fused-ring (bicyclic) bond motifs is 5. The van der Waals surface area contributed by atoms with Gasteiger partial charge in [0.2, 0.25) is 0 Å². The fourth-order valence-corrected chi connectivity index (χ4v) is 8.34. The Balaban J connectivity index is 1.50. The smallest absolute Gasteiger partial charge is 0.302 e. The molecular weight excluding hydrogens is 392 g/mol. The van der Waals surface area contributed by atoms with Crippen LogP contribution in [-0.4, -0.2) is 12.1 Å². The second kappa shape index (κ2) is 8.95. The van der Waals surface area contributed by atoms with Crippen molar-refractivity contribution in [2.75, 3.05) is 0 Å². The minimum atomic E-state index is -0.131. The number of hydrogen-bond acceptors (Lipinski definition) is 2. The predicted octanol–water partition coefficient (Wildman–Crippen LogP) is 8.13. The maximum atomic E-state index is 11.5. The minimum Gasteiger partial charge on any atom is -0.462 e. The van der Waals surface area contributed by atoms with Crippen LogP contribution in [0.15, 0.2) is 23.3 Å². The number of allylic oxidation sites excluding steroid dienone is 3. The lowest BCUT2D eigenvalue weighted by atomic mass is 9.50. The van der Waals surface area contributed by atoms with Crippen LogP contribution >= 0.6 is 0 Å². The average Bonchev–Trinajstić information content (AvgIpc) is 3.08. The molecule has 0 N–H and O–H groups in total. The average molecular weight is 441 g/mol. The van der Waals surface area contributed by atoms with Crippen LogP contribution in [0, 0.1) is 46.3 Å². The molecule has 180 valence electrons. The van der Waals surface area contributed by atoms with Crippen LogP contribution in [0.1, 0.15) is 106 Å². The summed E-state index contributed by atoms with van der Waals surface area (Å²) < 4.78 is 5.60. The molecule has 0 heterocycles. The van der Waals surface area contributed by atoms with Gasteiger partial charge in [-0.1, -0.05) is 77.7 Å². The van der Waals surface area contributed by atoms with Gasteiger partial charge in [-0.25, -0.2) is 0 Å². The van der Waals surface area contributed by atoms with Gasteiger partial charge in [0.1, 0.15) is 6.10 Å². The SMILES string of the molecule is CC(=O)O[C@@H]1CC[C@]2(C)C(=CC=C3[C@H]4CC[C@H]([C@H](C)CC[C@@H](C)C(C)C)[C@]4(C)CC[C@@H]32)C1. The van der Waals surface area contributed by atoms with Gasteiger partial charge in [-0.3, -0.25) is 4.79 Å². The highest BCUT2D eigenvalue weighted by molar-refractivity contribution is 5.66. The van der Waals surface area contributed by atoms with Crippen LogP contribution in [0.5, 0.6) is 0 Å². The van der Waals surface area contributed by atoms with Gasteiger partial charge in [0.25, 0.3) is 0 Å². The zero-order chi connectivity index (χ0) is 23.3. The molecule has 0 aliphatic heterocycles. The molecule has 3 fully saturated rings. The Bertz CT molecular complexity index is 776. The minimum absolute atomic E-state index is 0.0839. The highest BCUT2D eigenvalue weighted by Gasteiger charge is 2.57. The van der Waals surface area contributed by atoms with Crippen molar-refractivity contribution in [3.05, 3.63) is 23.3 Å². The van der Waals surface area contributed by atoms with Crippen molar-refractivity contribution in [1.29, 1.82) is 0 Å². The van der Waals surface area contributed by atoms with Gasteiger partial charge < -0.3 is 4.74 Å². The van der Waals surface area contributed by atoms with Crippen LogP contribution in [-0.2, 0) is 9.53 Å². The molecule has 4 aliphatic rings. The van der Waals surface area contributed by atoms with Crippen molar-refractivity contribution in [2.45, 2.75) is 112 Å². The van der Waals surface area contributed by atoms with Crippen LogP contribution in [0.25, 0.3) is 0 Å². The Kier molecular flexibility index (Phi) is 6.74. The van der Waals surface area contributed by atoms with Crippen molar-refractivity contribution in [3.63, 3.8) is 0 Å². The van der Waals surface area contributed by atoms with E-state index < -0.39 is 0 Å². The molecular formula is C30H48O2. The quantitative estimate of drug-likeness (QED) is 0.390. The number of ether oxygens (including phenoxy) is 1. The summed E-state index contributed by atoms with van der Waals surface area (Å²) in [4.78, 5) is 11.5. The molecule has 0 bridgehead atoms. The van der Waals surface area contributed by atoms with E-state index in [9.17, 15) is 4.79 Å². The molecule has 4 aliphatic carbocycles. The summed E-state index contributed by atoms with van der Waals surface area (Å²) >= 11 is 0. The van der Waals surface area contributed by atoms with E-state index in [0.717, 1.165) is 48.9 Å². The first kappa shape index (κ1) is 24.1. The molecule has 0 saturated heterocycles. The van der Waals surface area contributed by atoms with E-state index in [4.69, 9.17) is 4.74 Å². The maximum absolute atomic E-state index is 11.5. The summed E-state index contributed by atoms with van der Waals surface area (Å²) in [5, 5.41) is 0. The van der Waals surface area contributed by atoms with E-state index in [1.165, 1.54) is 44.1 Å². The molecule has 0 aromatic carbocycles. The monoisotopic (exact) mass is 440 g/mol. The summed E-state index contributed by atoms with van der Waals surface area (Å²) in [6.45, 7) is 16.5. The molecule has 4 rings (SSSR count). The topological polar surface area (TPSA) is 26.3 Å². The first-order valence-electron chi connectivity index (χ1n) is 13.6. The maximum Gasteiger partial charge on any atom is 0.302 e. The van der Waals surface area contributed by atoms with Crippen molar-refractivity contribution in [2.24, 2.45) is 46.3 Å². The molecule has 0 radical (unpaired) electrons. The van der Waals surface area contributed by atoms with Crippen molar-refractivity contribution in [3.8, 4) is 0 Å². The Labute approximate surface area is 197 Å². The van der Waals surface area contributed by atoms with Gasteiger partial charge in [0, 0.05) is 13.3 Å². The lowest BCUT2D eigenvalue weighted by molar-refractivity contribution is -0.148. The van der Waals surface area contributed by atoms with Crippen LogP contribution in [0.2, 0.25) is 0 Å². The summed E-state index contributed by atoms with van der Waals surface area (Å²) in [5.41, 5.74) is 4.08. The van der Waals surface area contributed by atoms with E-state index in [1.54, 1.807) is 12.5 Å². The van der Waals surface area contributed by atoms with Gasteiger partial charge >= 0.3 is 5.97 Å². The largest absolute Gasteiger partial charge is 0.462 e. The molecule has 3 saturated carbocycles. The Morgan fingerprint density at radius 1 is 1.00 bits per heavy atom. The van der Waals surface area contributed by atoms with Gasteiger partial charge in [0.05, 0.1) is 0 Å². The van der Waals surface area contributed by atoms with Gasteiger partial charge in [-0.2, -0.15) is 0 Å². The third-order valence-corrected chi connectivity index (χ3v) is 10.8. The number of rotatable bonds is 6. The van der Waals surface area contributed by atoms with Crippen molar-refractivity contribution < 1.29 is 9.53 Å². The number of carbonyl (C=O) groups excluding carboxylic acids is 1. The summed E-state index contributed by atoms with van der Waals surface area (Å²) in [5.74, 6) is 4.71. The van der Waals surface area contributed by atoms with E-state index in [0.29, 0.717) is 11.3 Å². The van der Waals surface area contributed by atoms with Crippen molar-refractivity contribution >= 4 is 5.97 Å². The molecule has 2 heteroatoms. The summed E-state index contributed by atoms with van der Waals surface area (Å²) in [6, 6.07) is 0. The first-order valence-corrected chi connectivity index (χ1v) is 13.6. The highest BCUT2D eigenvalue weighted by Crippen LogP contribution is 2.66. The lowest BCUT2D eigenvalue weighted by Crippen LogP contribution is -2.46. The highest BCUT2D eigenvalue weighted by atomic mass is 16.5. The second-order valence-corrected chi connectivity index (χ2v) is 12.9. The van der Waals surface area contributed by atoms with E-state index in [-0.39, 0.29) is 17.5 Å². The fraction of sp³-hybridized carbons (Fsp3) is 0.833. The first-order chi connectivity index (χ1) is 15.1. The number of carbonyl (C=O) groups is 1. The summed E-state index contributed by atoms with van der Waals surface area (Å²) in [6.07, 6.45) is 16.5. The second-order valence-electron chi connectivity index (χ2n) is 12.9. The predicted molar refractivity (Wildman–Crippen MR) is 133 cm³/mol. The fourth-order valence-electron chi connectivity index (χ4n) is 8.34. The normalized spacial score (nSPS) is 40.5. The van der Waals surface area contributed by atoms with Gasteiger partial charge in [-0.05, 0) is 84.9 Å². The Morgan fingerprint density at radius 2 is 1.75 bits per heavy atom. The molecule has 0 aromatic heterocycles. The number of esters is 1. The van der Waals surface area contributed by atoms with E-state index in [1.807, 2.05) is 0 Å². The molecule has 0 unspecified atom stereocenters. The molecule has 2 nitrogen and oxygen atoms in total. The van der Waals surface area contributed by atoms with Gasteiger partial charge in [0.15, 0.2) is 0 Å². The lowest BCUT2D eigenvalue weighted by Gasteiger charge is -2.55. The van der Waals surface area contributed by atoms with Crippen molar-refractivity contribution in [1.82, 2.24) is 0 Å². The zero-order valence-corrected chi connectivity index (χ0v) is 21.9. The number of hydrogen-bond donors (Lipinski definition) is 0. The van der Waals surface area contributed by atoms with Crippen LogP contribution in [0.3, 0.4) is 0 Å². The molecule has 32 heavy (non-hydrogen) atoms. The molecule has 8 atom stereocenters. The van der Waals surface area contributed by atoms with E-state index >= 15 is 0 Å².